The summed E-state index contributed by atoms with van der Waals surface area (Å²) >= 11 is 0. The van der Waals surface area contributed by atoms with E-state index in [0.29, 0.717) is 17.3 Å². The summed E-state index contributed by atoms with van der Waals surface area (Å²) in [6.45, 7) is 3.99. The molecule has 96 valence electrons. The molecule has 3 aromatic rings. The molecule has 19 heavy (non-hydrogen) atoms. The van der Waals surface area contributed by atoms with E-state index in [1.54, 1.807) is 6.26 Å². The number of hydrogen-bond acceptors (Lipinski definition) is 4. The van der Waals surface area contributed by atoms with Gasteiger partial charge in [-0.1, -0.05) is 29.4 Å². The van der Waals surface area contributed by atoms with Gasteiger partial charge in [-0.25, -0.2) is 0 Å². The molecule has 0 bridgehead atoms. The monoisotopic (exact) mass is 254 g/mol. The van der Waals surface area contributed by atoms with E-state index in [1.807, 2.05) is 44.2 Å². The zero-order valence-electron chi connectivity index (χ0n) is 10.8. The molecule has 4 heteroatoms. The minimum atomic E-state index is 0.375. The fraction of sp³-hybridized carbons (Fsp3) is 0.133. The van der Waals surface area contributed by atoms with Gasteiger partial charge in [0, 0.05) is 0 Å². The lowest BCUT2D eigenvalue weighted by molar-refractivity contribution is 0.421. The van der Waals surface area contributed by atoms with Gasteiger partial charge in [-0.15, -0.1) is 0 Å². The molecule has 0 unspecified atom stereocenters. The zero-order chi connectivity index (χ0) is 13.4. The van der Waals surface area contributed by atoms with Crippen molar-refractivity contribution in [2.24, 2.45) is 0 Å². The number of furan rings is 1. The van der Waals surface area contributed by atoms with Crippen LogP contribution in [0.2, 0.25) is 0 Å². The first-order chi connectivity index (χ1) is 9.18. The molecule has 0 aliphatic carbocycles. The van der Waals surface area contributed by atoms with Gasteiger partial charge in [-0.3, -0.25) is 0 Å². The van der Waals surface area contributed by atoms with Crippen molar-refractivity contribution in [3.05, 3.63) is 47.7 Å². The maximum atomic E-state index is 5.95. The summed E-state index contributed by atoms with van der Waals surface area (Å²) in [6, 6.07) is 9.87. The molecule has 0 radical (unpaired) electrons. The molecule has 3 rings (SSSR count). The summed E-state index contributed by atoms with van der Waals surface area (Å²) in [7, 11) is 0. The van der Waals surface area contributed by atoms with Crippen molar-refractivity contribution in [1.82, 2.24) is 5.16 Å². The molecule has 0 spiro atoms. The van der Waals surface area contributed by atoms with Crippen LogP contribution in [0.1, 0.15) is 11.1 Å². The molecule has 0 saturated heterocycles. The molecule has 1 aromatic carbocycles. The SMILES string of the molecule is Cc1ccccc1-c1c(N)noc1-c1occc1C. The third-order valence-electron chi connectivity index (χ3n) is 3.20. The fourth-order valence-electron chi connectivity index (χ4n) is 2.18. The average Bonchev–Trinajstić information content (AvgIpc) is 2.96. The van der Waals surface area contributed by atoms with Crippen LogP contribution in [0.25, 0.3) is 22.6 Å². The van der Waals surface area contributed by atoms with Crippen molar-refractivity contribution in [2.45, 2.75) is 13.8 Å². The molecule has 4 nitrogen and oxygen atoms in total. The Labute approximate surface area is 110 Å². The highest BCUT2D eigenvalue weighted by Crippen LogP contribution is 2.39. The molecule has 0 fully saturated rings. The largest absolute Gasteiger partial charge is 0.461 e. The molecular weight excluding hydrogens is 240 g/mol. The Morgan fingerprint density at radius 2 is 1.79 bits per heavy atom. The third-order valence-corrected chi connectivity index (χ3v) is 3.20. The molecule has 2 heterocycles. The van der Waals surface area contributed by atoms with Gasteiger partial charge in [0.2, 0.25) is 5.76 Å². The number of nitrogens with zero attached hydrogens (tertiary/aromatic N) is 1. The number of aromatic nitrogens is 1. The second-order valence-corrected chi connectivity index (χ2v) is 4.52. The van der Waals surface area contributed by atoms with Crippen LogP contribution in [-0.2, 0) is 0 Å². The summed E-state index contributed by atoms with van der Waals surface area (Å²) in [5, 5.41) is 3.87. The smallest absolute Gasteiger partial charge is 0.212 e. The molecule has 2 N–H and O–H groups in total. The first kappa shape index (κ1) is 11.6. The van der Waals surface area contributed by atoms with E-state index in [2.05, 4.69) is 5.16 Å². The number of hydrogen-bond donors (Lipinski definition) is 1. The molecule has 0 aliphatic rings. The lowest BCUT2D eigenvalue weighted by atomic mass is 9.99. The Kier molecular flexibility index (Phi) is 2.63. The number of nitrogen functional groups attached to an aromatic ring is 1. The standard InChI is InChI=1S/C15H14N2O2/c1-9-5-3-4-6-11(9)12-14(19-17-15(12)16)13-10(2)7-8-18-13/h3-8H,1-2H3,(H2,16,17). The Morgan fingerprint density at radius 1 is 1.00 bits per heavy atom. The van der Waals surface area contributed by atoms with Gasteiger partial charge < -0.3 is 14.7 Å². The Hall–Kier alpha value is -2.49. The van der Waals surface area contributed by atoms with Crippen LogP contribution in [0, 0.1) is 13.8 Å². The third kappa shape index (κ3) is 1.81. The number of benzene rings is 1. The highest BCUT2D eigenvalue weighted by atomic mass is 16.5. The van der Waals surface area contributed by atoms with E-state index < -0.39 is 0 Å². The highest BCUT2D eigenvalue weighted by Gasteiger charge is 2.22. The molecule has 0 amide bonds. The quantitative estimate of drug-likeness (QED) is 0.755. The second-order valence-electron chi connectivity index (χ2n) is 4.52. The van der Waals surface area contributed by atoms with Gasteiger partial charge in [0.1, 0.15) is 0 Å². The van der Waals surface area contributed by atoms with Crippen LogP contribution in [0.15, 0.2) is 45.5 Å². The number of nitrogens with two attached hydrogens (primary N) is 1. The lowest BCUT2D eigenvalue weighted by Crippen LogP contribution is -1.90. The maximum Gasteiger partial charge on any atom is 0.212 e. The Morgan fingerprint density at radius 3 is 2.47 bits per heavy atom. The molecule has 0 atom stereocenters. The van der Waals surface area contributed by atoms with Crippen LogP contribution in [0.4, 0.5) is 5.82 Å². The van der Waals surface area contributed by atoms with Crippen molar-refractivity contribution < 1.29 is 8.94 Å². The van der Waals surface area contributed by atoms with E-state index in [0.717, 1.165) is 22.3 Å². The average molecular weight is 254 g/mol. The first-order valence-electron chi connectivity index (χ1n) is 6.04. The first-order valence-corrected chi connectivity index (χ1v) is 6.04. The van der Waals surface area contributed by atoms with Gasteiger partial charge in [-0.05, 0) is 36.6 Å². The predicted molar refractivity (Wildman–Crippen MR) is 73.5 cm³/mol. The molecule has 2 aromatic heterocycles. The summed E-state index contributed by atoms with van der Waals surface area (Å²) in [5.74, 6) is 1.62. The van der Waals surface area contributed by atoms with E-state index in [9.17, 15) is 0 Å². The van der Waals surface area contributed by atoms with E-state index >= 15 is 0 Å². The summed E-state index contributed by atoms with van der Waals surface area (Å²) < 4.78 is 10.8. The van der Waals surface area contributed by atoms with Gasteiger partial charge in [0.25, 0.3) is 0 Å². The van der Waals surface area contributed by atoms with Crippen LogP contribution in [-0.4, -0.2) is 5.16 Å². The minimum Gasteiger partial charge on any atom is -0.461 e. The van der Waals surface area contributed by atoms with Crippen molar-refractivity contribution >= 4 is 5.82 Å². The maximum absolute atomic E-state index is 5.95. The minimum absolute atomic E-state index is 0.375. The Balaban J connectivity index is 2.26. The topological polar surface area (TPSA) is 65.2 Å². The summed E-state index contributed by atoms with van der Waals surface area (Å²) in [4.78, 5) is 0. The molecular formula is C15H14N2O2. The zero-order valence-corrected chi connectivity index (χ0v) is 10.8. The van der Waals surface area contributed by atoms with Crippen LogP contribution in [0.5, 0.6) is 0 Å². The van der Waals surface area contributed by atoms with Crippen LogP contribution < -0.4 is 5.73 Å². The van der Waals surface area contributed by atoms with E-state index in [-0.39, 0.29) is 0 Å². The van der Waals surface area contributed by atoms with E-state index in [4.69, 9.17) is 14.7 Å². The van der Waals surface area contributed by atoms with Gasteiger partial charge >= 0.3 is 0 Å². The normalized spacial score (nSPS) is 10.8. The molecule has 0 saturated carbocycles. The fourth-order valence-corrected chi connectivity index (χ4v) is 2.18. The van der Waals surface area contributed by atoms with E-state index in [1.165, 1.54) is 0 Å². The van der Waals surface area contributed by atoms with Gasteiger partial charge in [0.15, 0.2) is 11.6 Å². The number of aryl methyl sites for hydroxylation is 2. The number of rotatable bonds is 2. The summed E-state index contributed by atoms with van der Waals surface area (Å²) in [5.41, 5.74) is 9.85. The number of anilines is 1. The predicted octanol–water partition coefficient (Wildman–Crippen LogP) is 3.80. The lowest BCUT2D eigenvalue weighted by Gasteiger charge is -2.05. The van der Waals surface area contributed by atoms with Crippen LogP contribution in [0.3, 0.4) is 0 Å². The van der Waals surface area contributed by atoms with Crippen LogP contribution >= 0.6 is 0 Å². The van der Waals surface area contributed by atoms with Crippen molar-refractivity contribution in [2.75, 3.05) is 5.73 Å². The van der Waals surface area contributed by atoms with Gasteiger partial charge in [0.05, 0.1) is 11.8 Å². The highest BCUT2D eigenvalue weighted by molar-refractivity contribution is 5.87. The Bertz CT molecular complexity index is 725. The van der Waals surface area contributed by atoms with Crippen molar-refractivity contribution in [1.29, 1.82) is 0 Å². The van der Waals surface area contributed by atoms with Gasteiger partial charge in [-0.2, -0.15) is 0 Å². The van der Waals surface area contributed by atoms with Crippen molar-refractivity contribution in [3.63, 3.8) is 0 Å². The second kappa shape index (κ2) is 4.31. The summed E-state index contributed by atoms with van der Waals surface area (Å²) in [6.07, 6.45) is 1.63. The molecule has 0 aliphatic heterocycles. The van der Waals surface area contributed by atoms with Crippen molar-refractivity contribution in [3.8, 4) is 22.6 Å².